The quantitative estimate of drug-likeness (QED) is 0.885. The number of hydrogen-bond acceptors (Lipinski definition) is 3. The SMILES string of the molecule is CC1CC1c1ccc(C(CN)N(C)C2CCCC2)o1. The molecule has 1 aromatic rings. The molecule has 19 heavy (non-hydrogen) atoms. The van der Waals surface area contributed by atoms with Gasteiger partial charge in [0.25, 0.3) is 0 Å². The van der Waals surface area contributed by atoms with E-state index in [0.717, 1.165) is 11.7 Å². The summed E-state index contributed by atoms with van der Waals surface area (Å²) in [6.07, 6.45) is 6.60. The van der Waals surface area contributed by atoms with Crippen molar-refractivity contribution in [2.24, 2.45) is 11.7 Å². The lowest BCUT2D eigenvalue weighted by atomic mass is 10.1. The summed E-state index contributed by atoms with van der Waals surface area (Å²) in [7, 11) is 2.20. The largest absolute Gasteiger partial charge is 0.464 e. The van der Waals surface area contributed by atoms with E-state index < -0.39 is 0 Å². The maximum Gasteiger partial charge on any atom is 0.122 e. The molecule has 0 radical (unpaired) electrons. The van der Waals surface area contributed by atoms with Crippen LogP contribution in [0.1, 0.15) is 62.5 Å². The van der Waals surface area contributed by atoms with Gasteiger partial charge in [-0.05, 0) is 44.4 Å². The molecule has 0 spiro atoms. The van der Waals surface area contributed by atoms with Gasteiger partial charge < -0.3 is 10.2 Å². The van der Waals surface area contributed by atoms with Gasteiger partial charge in [-0.3, -0.25) is 4.90 Å². The highest BCUT2D eigenvalue weighted by molar-refractivity contribution is 5.19. The van der Waals surface area contributed by atoms with Crippen LogP contribution in [-0.2, 0) is 0 Å². The minimum Gasteiger partial charge on any atom is -0.464 e. The Morgan fingerprint density at radius 1 is 1.37 bits per heavy atom. The zero-order chi connectivity index (χ0) is 13.4. The van der Waals surface area contributed by atoms with E-state index in [1.54, 1.807) is 0 Å². The Balaban J connectivity index is 1.72. The number of hydrogen-bond donors (Lipinski definition) is 1. The summed E-state index contributed by atoms with van der Waals surface area (Å²) in [4.78, 5) is 2.44. The minimum absolute atomic E-state index is 0.242. The third kappa shape index (κ3) is 2.59. The van der Waals surface area contributed by atoms with E-state index in [4.69, 9.17) is 10.2 Å². The van der Waals surface area contributed by atoms with Crippen molar-refractivity contribution in [3.63, 3.8) is 0 Å². The van der Waals surface area contributed by atoms with E-state index in [2.05, 4.69) is 31.0 Å². The van der Waals surface area contributed by atoms with Crippen LogP contribution in [0.25, 0.3) is 0 Å². The van der Waals surface area contributed by atoms with Gasteiger partial charge in [-0.2, -0.15) is 0 Å². The van der Waals surface area contributed by atoms with Crippen LogP contribution in [0.5, 0.6) is 0 Å². The van der Waals surface area contributed by atoms with Crippen LogP contribution < -0.4 is 5.73 Å². The van der Waals surface area contributed by atoms with E-state index >= 15 is 0 Å². The average molecular weight is 262 g/mol. The Hall–Kier alpha value is -0.800. The fourth-order valence-corrected chi connectivity index (χ4v) is 3.51. The molecule has 1 aromatic heterocycles. The molecule has 3 rings (SSSR count). The molecule has 3 unspecified atom stereocenters. The molecule has 1 heterocycles. The van der Waals surface area contributed by atoms with E-state index in [-0.39, 0.29) is 6.04 Å². The Labute approximate surface area is 116 Å². The molecule has 3 heteroatoms. The van der Waals surface area contributed by atoms with Crippen LogP contribution in [0.2, 0.25) is 0 Å². The van der Waals surface area contributed by atoms with Gasteiger partial charge in [-0.1, -0.05) is 19.8 Å². The summed E-state index contributed by atoms with van der Waals surface area (Å²) in [6.45, 7) is 2.93. The lowest BCUT2D eigenvalue weighted by molar-refractivity contribution is 0.158. The van der Waals surface area contributed by atoms with Crippen LogP contribution in [-0.4, -0.2) is 24.5 Å². The van der Waals surface area contributed by atoms with Crippen LogP contribution in [0.15, 0.2) is 16.5 Å². The number of nitrogens with zero attached hydrogens (tertiary/aromatic N) is 1. The van der Waals surface area contributed by atoms with Crippen LogP contribution in [0.4, 0.5) is 0 Å². The first-order chi connectivity index (χ1) is 9.20. The first kappa shape index (κ1) is 13.2. The van der Waals surface area contributed by atoms with Crippen molar-refractivity contribution in [2.75, 3.05) is 13.6 Å². The zero-order valence-corrected chi connectivity index (χ0v) is 12.1. The first-order valence-electron chi connectivity index (χ1n) is 7.72. The molecule has 2 aliphatic carbocycles. The van der Waals surface area contributed by atoms with Crippen molar-refractivity contribution in [2.45, 2.75) is 57.0 Å². The molecule has 3 nitrogen and oxygen atoms in total. The maximum absolute atomic E-state index is 6.09. The Morgan fingerprint density at radius 2 is 2.05 bits per heavy atom. The van der Waals surface area contributed by atoms with Crippen LogP contribution in [0.3, 0.4) is 0 Å². The smallest absolute Gasteiger partial charge is 0.122 e. The Bertz CT molecular complexity index is 422. The second-order valence-corrected chi connectivity index (χ2v) is 6.41. The summed E-state index contributed by atoms with van der Waals surface area (Å²) in [5.74, 6) is 3.68. The van der Waals surface area contributed by atoms with Crippen molar-refractivity contribution in [1.82, 2.24) is 4.90 Å². The fourth-order valence-electron chi connectivity index (χ4n) is 3.51. The molecule has 0 aromatic carbocycles. The lowest BCUT2D eigenvalue weighted by Crippen LogP contribution is -2.36. The van der Waals surface area contributed by atoms with Gasteiger partial charge in [0.15, 0.2) is 0 Å². The molecular formula is C16H26N2O. The van der Waals surface area contributed by atoms with Gasteiger partial charge in [-0.15, -0.1) is 0 Å². The molecule has 2 aliphatic rings. The van der Waals surface area contributed by atoms with Gasteiger partial charge in [0, 0.05) is 18.5 Å². The Morgan fingerprint density at radius 3 is 2.63 bits per heavy atom. The monoisotopic (exact) mass is 262 g/mol. The van der Waals surface area contributed by atoms with Crippen molar-refractivity contribution in [3.05, 3.63) is 23.7 Å². The van der Waals surface area contributed by atoms with Gasteiger partial charge >= 0.3 is 0 Å². The highest BCUT2D eigenvalue weighted by Gasteiger charge is 2.37. The third-order valence-corrected chi connectivity index (χ3v) is 5.07. The van der Waals surface area contributed by atoms with E-state index in [9.17, 15) is 0 Å². The first-order valence-corrected chi connectivity index (χ1v) is 7.72. The molecule has 2 fully saturated rings. The number of rotatable bonds is 5. The van der Waals surface area contributed by atoms with Gasteiger partial charge in [0.05, 0.1) is 6.04 Å². The van der Waals surface area contributed by atoms with Crippen molar-refractivity contribution >= 4 is 0 Å². The van der Waals surface area contributed by atoms with E-state index in [0.29, 0.717) is 18.5 Å². The summed E-state index contributed by atoms with van der Waals surface area (Å²) in [5, 5.41) is 0. The molecular weight excluding hydrogens is 236 g/mol. The normalized spacial score (nSPS) is 29.1. The molecule has 3 atom stereocenters. The van der Waals surface area contributed by atoms with Crippen molar-refractivity contribution in [3.8, 4) is 0 Å². The standard InChI is InChI=1S/C16H26N2O/c1-11-9-13(11)15-7-8-16(19-15)14(10-17)18(2)12-5-3-4-6-12/h7-8,11-14H,3-6,9-10,17H2,1-2H3. The van der Waals surface area contributed by atoms with Crippen molar-refractivity contribution in [1.29, 1.82) is 0 Å². The molecule has 106 valence electrons. The second kappa shape index (κ2) is 5.29. The topological polar surface area (TPSA) is 42.4 Å². The third-order valence-electron chi connectivity index (χ3n) is 5.07. The van der Waals surface area contributed by atoms with E-state index in [1.807, 2.05) is 0 Å². The molecule has 0 amide bonds. The fraction of sp³-hybridized carbons (Fsp3) is 0.750. The summed E-state index contributed by atoms with van der Waals surface area (Å²) >= 11 is 0. The number of likely N-dealkylation sites (N-methyl/N-ethyl adjacent to an activating group) is 1. The second-order valence-electron chi connectivity index (χ2n) is 6.41. The van der Waals surface area contributed by atoms with Gasteiger partial charge in [0.2, 0.25) is 0 Å². The average Bonchev–Trinajstić information content (AvgIpc) is 2.90. The molecule has 0 saturated heterocycles. The van der Waals surface area contributed by atoms with E-state index in [1.165, 1.54) is 37.9 Å². The minimum atomic E-state index is 0.242. The molecule has 2 saturated carbocycles. The number of nitrogens with two attached hydrogens (primary N) is 1. The highest BCUT2D eigenvalue weighted by Crippen LogP contribution is 2.47. The highest BCUT2D eigenvalue weighted by atomic mass is 16.3. The van der Waals surface area contributed by atoms with Crippen molar-refractivity contribution < 1.29 is 4.42 Å². The van der Waals surface area contributed by atoms with Crippen LogP contribution in [0, 0.1) is 5.92 Å². The summed E-state index contributed by atoms with van der Waals surface area (Å²) in [5.41, 5.74) is 6.00. The van der Waals surface area contributed by atoms with Crippen LogP contribution >= 0.6 is 0 Å². The van der Waals surface area contributed by atoms with Gasteiger partial charge in [-0.25, -0.2) is 0 Å². The van der Waals surface area contributed by atoms with Gasteiger partial charge in [0.1, 0.15) is 11.5 Å². The lowest BCUT2D eigenvalue weighted by Gasteiger charge is -2.30. The zero-order valence-electron chi connectivity index (χ0n) is 12.1. The summed E-state index contributed by atoms with van der Waals surface area (Å²) < 4.78 is 6.09. The predicted molar refractivity (Wildman–Crippen MR) is 77.0 cm³/mol. The molecule has 0 aliphatic heterocycles. The predicted octanol–water partition coefficient (Wildman–Crippen LogP) is 3.28. The maximum atomic E-state index is 6.09. The summed E-state index contributed by atoms with van der Waals surface area (Å²) in [6, 6.07) is 5.23. The Kier molecular flexibility index (Phi) is 3.68. The molecule has 0 bridgehead atoms. The number of furan rings is 1. The molecule has 2 N–H and O–H groups in total.